The molecule has 2 aromatic rings. The Balaban J connectivity index is 0.00000200. The molecular weight excluding hydrogens is 311 g/mol. The fourth-order valence-corrected chi connectivity index (χ4v) is 1.72. The molecule has 2 rings (SSSR count). The number of aromatic nitrogens is 1. The Kier molecular flexibility index (Phi) is 10.6. The molecule has 21 heavy (non-hydrogen) atoms. The van der Waals surface area contributed by atoms with Crippen molar-refractivity contribution in [1.29, 1.82) is 0 Å². The van der Waals surface area contributed by atoms with Crippen LogP contribution in [0.2, 0.25) is 0 Å². The fraction of sp³-hybridized carbons (Fsp3) is 0.267. The van der Waals surface area contributed by atoms with Crippen molar-refractivity contribution in [2.75, 3.05) is 13.2 Å². The maximum Gasteiger partial charge on any atom is 0.119 e. The molecule has 0 aliphatic heterocycles. The van der Waals surface area contributed by atoms with Crippen molar-refractivity contribution in [1.82, 2.24) is 10.3 Å². The lowest BCUT2D eigenvalue weighted by atomic mass is 10.2. The van der Waals surface area contributed by atoms with Crippen LogP contribution in [-0.4, -0.2) is 23.3 Å². The molecule has 0 spiro atoms. The van der Waals surface area contributed by atoms with E-state index < -0.39 is 0 Å². The Morgan fingerprint density at radius 3 is 2.33 bits per heavy atom. The highest BCUT2D eigenvalue weighted by molar-refractivity contribution is 5.85. The number of aliphatic hydroxyl groups excluding tert-OH is 1. The number of hydrogen-bond donors (Lipinski definition) is 2. The molecule has 0 saturated carbocycles. The van der Waals surface area contributed by atoms with Gasteiger partial charge in [-0.05, 0) is 29.3 Å². The predicted molar refractivity (Wildman–Crippen MR) is 88.3 cm³/mol. The van der Waals surface area contributed by atoms with E-state index in [9.17, 15) is 0 Å². The molecule has 0 amide bonds. The number of halogens is 2. The predicted octanol–water partition coefficient (Wildman–Crippen LogP) is 2.59. The first-order valence-electron chi connectivity index (χ1n) is 6.31. The standard InChI is InChI=1S/C15H18N2O2.2ClH/c18-8-9-19-15-5-3-13(4-6-15)10-17-12-14-2-1-7-16-11-14;;/h1-7,11,17-18H,8-10,12H2;2*1H. The highest BCUT2D eigenvalue weighted by Gasteiger charge is 1.96. The molecule has 4 nitrogen and oxygen atoms in total. The summed E-state index contributed by atoms with van der Waals surface area (Å²) in [5, 5.41) is 12.0. The normalized spacial score (nSPS) is 9.38. The number of benzene rings is 1. The van der Waals surface area contributed by atoms with Gasteiger partial charge in [0, 0.05) is 25.5 Å². The topological polar surface area (TPSA) is 54.4 Å². The third kappa shape index (κ3) is 7.29. The van der Waals surface area contributed by atoms with E-state index in [1.165, 1.54) is 11.1 Å². The molecule has 116 valence electrons. The summed E-state index contributed by atoms with van der Waals surface area (Å²) in [5.74, 6) is 0.782. The van der Waals surface area contributed by atoms with Crippen LogP contribution in [0.25, 0.3) is 0 Å². The quantitative estimate of drug-likeness (QED) is 0.819. The lowest BCUT2D eigenvalue weighted by molar-refractivity contribution is 0.201. The van der Waals surface area contributed by atoms with Gasteiger partial charge >= 0.3 is 0 Å². The zero-order chi connectivity index (χ0) is 13.3. The van der Waals surface area contributed by atoms with E-state index in [0.29, 0.717) is 6.61 Å². The summed E-state index contributed by atoms with van der Waals surface area (Å²) >= 11 is 0. The zero-order valence-corrected chi connectivity index (χ0v) is 13.2. The van der Waals surface area contributed by atoms with Gasteiger partial charge in [-0.1, -0.05) is 18.2 Å². The number of rotatable bonds is 7. The van der Waals surface area contributed by atoms with Crippen LogP contribution in [0.4, 0.5) is 0 Å². The molecule has 0 aliphatic carbocycles. The molecule has 0 saturated heterocycles. The summed E-state index contributed by atoms with van der Waals surface area (Å²) in [6.45, 7) is 1.97. The summed E-state index contributed by atoms with van der Waals surface area (Å²) in [4.78, 5) is 4.07. The van der Waals surface area contributed by atoms with Crippen LogP contribution in [0, 0.1) is 0 Å². The van der Waals surface area contributed by atoms with Gasteiger partial charge in [0.15, 0.2) is 0 Å². The number of ether oxygens (including phenoxy) is 1. The molecule has 1 heterocycles. The molecule has 1 aromatic heterocycles. The summed E-state index contributed by atoms with van der Waals surface area (Å²) in [6.07, 6.45) is 3.63. The van der Waals surface area contributed by atoms with E-state index in [1.807, 2.05) is 42.6 Å². The van der Waals surface area contributed by atoms with Crippen molar-refractivity contribution in [2.24, 2.45) is 0 Å². The second kappa shape index (κ2) is 11.3. The maximum atomic E-state index is 8.67. The van der Waals surface area contributed by atoms with Gasteiger partial charge in [0.25, 0.3) is 0 Å². The second-order valence-electron chi connectivity index (χ2n) is 4.18. The number of nitrogens with one attached hydrogen (secondary N) is 1. The van der Waals surface area contributed by atoms with Crippen molar-refractivity contribution >= 4 is 24.8 Å². The molecule has 1 aromatic carbocycles. The van der Waals surface area contributed by atoms with Crippen LogP contribution in [0.15, 0.2) is 48.8 Å². The minimum absolute atomic E-state index is 0. The van der Waals surface area contributed by atoms with Gasteiger partial charge in [0.05, 0.1) is 6.61 Å². The Hall–Kier alpha value is -1.33. The molecule has 0 unspecified atom stereocenters. The van der Waals surface area contributed by atoms with E-state index in [-0.39, 0.29) is 31.4 Å². The summed E-state index contributed by atoms with van der Waals surface area (Å²) < 4.78 is 5.31. The first kappa shape index (κ1) is 19.7. The average Bonchev–Trinajstić information content (AvgIpc) is 2.47. The number of nitrogens with zero attached hydrogens (tertiary/aromatic N) is 1. The Bertz CT molecular complexity index is 481. The molecule has 0 bridgehead atoms. The Morgan fingerprint density at radius 1 is 1.00 bits per heavy atom. The molecule has 6 heteroatoms. The average molecular weight is 331 g/mol. The third-order valence-electron chi connectivity index (χ3n) is 2.66. The van der Waals surface area contributed by atoms with Crippen molar-refractivity contribution < 1.29 is 9.84 Å². The molecule has 0 atom stereocenters. The van der Waals surface area contributed by atoms with Gasteiger partial charge in [-0.15, -0.1) is 24.8 Å². The van der Waals surface area contributed by atoms with E-state index in [4.69, 9.17) is 9.84 Å². The number of pyridine rings is 1. The zero-order valence-electron chi connectivity index (χ0n) is 11.6. The highest BCUT2D eigenvalue weighted by Crippen LogP contribution is 2.12. The summed E-state index contributed by atoms with van der Waals surface area (Å²) in [5.41, 5.74) is 2.37. The Labute approximate surface area is 137 Å². The van der Waals surface area contributed by atoms with Gasteiger partial charge in [0.2, 0.25) is 0 Å². The van der Waals surface area contributed by atoms with Crippen molar-refractivity contribution in [2.45, 2.75) is 13.1 Å². The molecular formula is C15H20Cl2N2O2. The van der Waals surface area contributed by atoms with E-state index in [0.717, 1.165) is 18.8 Å². The van der Waals surface area contributed by atoms with Gasteiger partial charge in [-0.3, -0.25) is 4.98 Å². The first-order chi connectivity index (χ1) is 9.38. The number of aliphatic hydroxyl groups is 1. The van der Waals surface area contributed by atoms with Gasteiger partial charge < -0.3 is 15.2 Å². The Morgan fingerprint density at radius 2 is 1.71 bits per heavy atom. The first-order valence-corrected chi connectivity index (χ1v) is 6.31. The van der Waals surface area contributed by atoms with Crippen LogP contribution < -0.4 is 10.1 Å². The van der Waals surface area contributed by atoms with E-state index >= 15 is 0 Å². The highest BCUT2D eigenvalue weighted by atomic mass is 35.5. The SMILES string of the molecule is Cl.Cl.OCCOc1ccc(CNCc2cccnc2)cc1. The smallest absolute Gasteiger partial charge is 0.119 e. The summed E-state index contributed by atoms with van der Waals surface area (Å²) in [7, 11) is 0. The van der Waals surface area contributed by atoms with Gasteiger partial charge in [0.1, 0.15) is 12.4 Å². The molecule has 0 aliphatic rings. The van der Waals surface area contributed by atoms with Crippen molar-refractivity contribution in [3.63, 3.8) is 0 Å². The van der Waals surface area contributed by atoms with Crippen molar-refractivity contribution in [3.8, 4) is 5.75 Å². The van der Waals surface area contributed by atoms with Gasteiger partial charge in [-0.2, -0.15) is 0 Å². The lowest BCUT2D eigenvalue weighted by Gasteiger charge is -2.07. The van der Waals surface area contributed by atoms with Crippen LogP contribution >= 0.6 is 24.8 Å². The monoisotopic (exact) mass is 330 g/mol. The van der Waals surface area contributed by atoms with E-state index in [2.05, 4.69) is 10.3 Å². The number of hydrogen-bond acceptors (Lipinski definition) is 4. The van der Waals surface area contributed by atoms with E-state index in [1.54, 1.807) is 6.20 Å². The second-order valence-corrected chi connectivity index (χ2v) is 4.18. The minimum Gasteiger partial charge on any atom is -0.491 e. The lowest BCUT2D eigenvalue weighted by Crippen LogP contribution is -2.12. The van der Waals surface area contributed by atoms with Crippen LogP contribution in [0.3, 0.4) is 0 Å². The third-order valence-corrected chi connectivity index (χ3v) is 2.66. The molecule has 0 radical (unpaired) electrons. The minimum atomic E-state index is 0. The summed E-state index contributed by atoms with van der Waals surface area (Å²) in [6, 6.07) is 11.8. The molecule has 0 fully saturated rings. The fourth-order valence-electron chi connectivity index (χ4n) is 1.72. The van der Waals surface area contributed by atoms with Crippen molar-refractivity contribution in [3.05, 3.63) is 59.9 Å². The van der Waals surface area contributed by atoms with Crippen LogP contribution in [0.1, 0.15) is 11.1 Å². The largest absolute Gasteiger partial charge is 0.491 e. The maximum absolute atomic E-state index is 8.67. The van der Waals surface area contributed by atoms with Crippen LogP contribution in [-0.2, 0) is 13.1 Å². The molecule has 2 N–H and O–H groups in total. The van der Waals surface area contributed by atoms with Gasteiger partial charge in [-0.25, -0.2) is 0 Å². The van der Waals surface area contributed by atoms with Crippen LogP contribution in [0.5, 0.6) is 5.75 Å².